The highest BCUT2D eigenvalue weighted by atomic mass is 16.6. The Morgan fingerprint density at radius 2 is 1.50 bits per heavy atom. The molecule has 0 aliphatic heterocycles. The molecule has 0 unspecified atom stereocenters. The van der Waals surface area contributed by atoms with Gasteiger partial charge in [-0.15, -0.1) is 6.58 Å². The van der Waals surface area contributed by atoms with Crippen molar-refractivity contribution in [3.63, 3.8) is 0 Å². The van der Waals surface area contributed by atoms with E-state index in [2.05, 4.69) is 6.58 Å². The van der Waals surface area contributed by atoms with Gasteiger partial charge in [-0.1, -0.05) is 30.3 Å². The van der Waals surface area contributed by atoms with Gasteiger partial charge in [0.15, 0.2) is 5.78 Å². The Kier molecular flexibility index (Phi) is 5.16. The number of aryl methyl sites for hydroxylation is 1. The third kappa shape index (κ3) is 3.89. The van der Waals surface area contributed by atoms with Crippen molar-refractivity contribution in [2.24, 2.45) is 0 Å². The molecule has 0 aliphatic carbocycles. The predicted molar refractivity (Wildman–Crippen MR) is 88.1 cm³/mol. The lowest BCUT2D eigenvalue weighted by Gasteiger charge is -2.04. The Labute approximate surface area is 137 Å². The highest BCUT2D eigenvalue weighted by Gasteiger charge is 2.20. The number of non-ortho nitro benzene ring substituents is 2. The minimum atomic E-state index is -0.762. The summed E-state index contributed by atoms with van der Waals surface area (Å²) in [7, 11) is 0. The monoisotopic (exact) mass is 326 g/mol. The fraction of sp³-hybridized carbons (Fsp3) is 0.118. The minimum Gasteiger partial charge on any atom is -0.289 e. The van der Waals surface area contributed by atoms with Crippen LogP contribution in [0.5, 0.6) is 0 Å². The van der Waals surface area contributed by atoms with Crippen molar-refractivity contribution in [3.8, 4) is 0 Å². The number of hydrogen-bond donors (Lipinski definition) is 0. The number of carbonyl (C=O) groups excluding carboxylic acids is 1. The number of ketones is 1. The second-order valence-electron chi connectivity index (χ2n) is 5.11. The molecule has 0 atom stereocenters. The van der Waals surface area contributed by atoms with Gasteiger partial charge in [0.2, 0.25) is 0 Å². The van der Waals surface area contributed by atoms with Crippen molar-refractivity contribution in [1.29, 1.82) is 0 Å². The standard InChI is InChI=1S/C17H14N2O5/c1-2-3-4-12-5-7-13(8-6-12)17(20)14-9-15(18(21)22)11-16(10-14)19(23)24/h2,5-11H,1,3-4H2. The van der Waals surface area contributed by atoms with Crippen LogP contribution in [-0.4, -0.2) is 15.6 Å². The molecule has 0 fully saturated rings. The molecular weight excluding hydrogens is 312 g/mol. The van der Waals surface area contributed by atoms with Crippen molar-refractivity contribution in [2.45, 2.75) is 12.8 Å². The summed E-state index contributed by atoms with van der Waals surface area (Å²) in [6.45, 7) is 3.64. The smallest absolute Gasteiger partial charge is 0.277 e. The fourth-order valence-electron chi connectivity index (χ4n) is 2.20. The van der Waals surface area contributed by atoms with Crippen molar-refractivity contribution in [2.75, 3.05) is 0 Å². The number of nitro groups is 2. The average Bonchev–Trinajstić information content (AvgIpc) is 2.59. The van der Waals surface area contributed by atoms with E-state index in [0.717, 1.165) is 36.6 Å². The first-order chi connectivity index (χ1) is 11.4. The molecule has 7 nitrogen and oxygen atoms in total. The molecule has 0 amide bonds. The molecule has 0 bridgehead atoms. The highest BCUT2D eigenvalue weighted by molar-refractivity contribution is 6.09. The van der Waals surface area contributed by atoms with Crippen LogP contribution in [0, 0.1) is 20.2 Å². The molecule has 0 N–H and O–H groups in total. The summed E-state index contributed by atoms with van der Waals surface area (Å²) >= 11 is 0. The molecule has 7 heteroatoms. The molecule has 2 aromatic rings. The predicted octanol–water partition coefficient (Wildman–Crippen LogP) is 3.85. The fourth-order valence-corrected chi connectivity index (χ4v) is 2.20. The normalized spacial score (nSPS) is 10.2. The molecule has 2 rings (SSSR count). The molecule has 0 heterocycles. The number of benzene rings is 2. The van der Waals surface area contributed by atoms with Crippen molar-refractivity contribution < 1.29 is 14.6 Å². The van der Waals surface area contributed by atoms with Crippen molar-refractivity contribution in [1.82, 2.24) is 0 Å². The first kappa shape index (κ1) is 17.0. The molecule has 0 aliphatic rings. The molecule has 0 radical (unpaired) electrons. The topological polar surface area (TPSA) is 103 Å². The molecule has 0 saturated carbocycles. The maximum absolute atomic E-state index is 12.5. The van der Waals surface area contributed by atoms with Crippen LogP contribution >= 0.6 is 0 Å². The van der Waals surface area contributed by atoms with Crippen LogP contribution in [0.15, 0.2) is 55.1 Å². The molecule has 0 spiro atoms. The van der Waals surface area contributed by atoms with Gasteiger partial charge in [0.1, 0.15) is 0 Å². The maximum atomic E-state index is 12.5. The Bertz CT molecular complexity index is 780. The van der Waals surface area contributed by atoms with E-state index in [0.29, 0.717) is 5.56 Å². The van der Waals surface area contributed by atoms with Crippen LogP contribution in [-0.2, 0) is 6.42 Å². The van der Waals surface area contributed by atoms with Crippen LogP contribution in [0.25, 0.3) is 0 Å². The zero-order valence-corrected chi connectivity index (χ0v) is 12.7. The summed E-state index contributed by atoms with van der Waals surface area (Å²) < 4.78 is 0. The van der Waals surface area contributed by atoms with E-state index >= 15 is 0 Å². The van der Waals surface area contributed by atoms with E-state index in [9.17, 15) is 25.0 Å². The SMILES string of the molecule is C=CCCc1ccc(C(=O)c2cc([N+](=O)[O-])cc([N+](=O)[O-])c2)cc1. The van der Waals surface area contributed by atoms with Gasteiger partial charge in [0, 0.05) is 23.3 Å². The second kappa shape index (κ2) is 7.28. The molecule has 0 aromatic heterocycles. The van der Waals surface area contributed by atoms with E-state index < -0.39 is 27.0 Å². The summed E-state index contributed by atoms with van der Waals surface area (Å²) in [5.41, 5.74) is 0.267. The maximum Gasteiger partial charge on any atom is 0.277 e. The number of rotatable bonds is 7. The zero-order chi connectivity index (χ0) is 17.7. The number of carbonyl (C=O) groups is 1. The Morgan fingerprint density at radius 3 is 1.96 bits per heavy atom. The second-order valence-corrected chi connectivity index (χ2v) is 5.11. The van der Waals surface area contributed by atoms with E-state index in [1.807, 2.05) is 0 Å². The molecule has 122 valence electrons. The van der Waals surface area contributed by atoms with Gasteiger partial charge < -0.3 is 0 Å². The summed E-state index contributed by atoms with van der Waals surface area (Å²) in [5, 5.41) is 21.8. The van der Waals surface area contributed by atoms with Crippen LogP contribution in [0.1, 0.15) is 27.9 Å². The Hall–Kier alpha value is -3.35. The first-order valence-electron chi connectivity index (χ1n) is 7.11. The number of nitro benzene ring substituents is 2. The van der Waals surface area contributed by atoms with Gasteiger partial charge in [-0.2, -0.15) is 0 Å². The van der Waals surface area contributed by atoms with E-state index in [1.165, 1.54) is 0 Å². The molecular formula is C17H14N2O5. The largest absolute Gasteiger partial charge is 0.289 e. The summed E-state index contributed by atoms with van der Waals surface area (Å²) in [6, 6.07) is 9.68. The lowest BCUT2D eigenvalue weighted by Crippen LogP contribution is -2.04. The summed E-state index contributed by atoms with van der Waals surface area (Å²) in [5.74, 6) is -0.503. The quantitative estimate of drug-likeness (QED) is 0.333. The van der Waals surface area contributed by atoms with Gasteiger partial charge in [0.05, 0.1) is 15.9 Å². The Morgan fingerprint density at radius 1 is 0.958 bits per heavy atom. The van der Waals surface area contributed by atoms with Gasteiger partial charge in [-0.25, -0.2) is 0 Å². The summed E-state index contributed by atoms with van der Waals surface area (Å²) in [4.78, 5) is 32.7. The van der Waals surface area contributed by atoms with Gasteiger partial charge in [0.25, 0.3) is 11.4 Å². The van der Waals surface area contributed by atoms with Crippen LogP contribution in [0.3, 0.4) is 0 Å². The zero-order valence-electron chi connectivity index (χ0n) is 12.7. The first-order valence-corrected chi connectivity index (χ1v) is 7.11. The Balaban J connectivity index is 2.36. The molecule has 2 aromatic carbocycles. The van der Waals surface area contributed by atoms with Crippen LogP contribution in [0.4, 0.5) is 11.4 Å². The van der Waals surface area contributed by atoms with Gasteiger partial charge >= 0.3 is 0 Å². The highest BCUT2D eigenvalue weighted by Crippen LogP contribution is 2.24. The molecule has 24 heavy (non-hydrogen) atoms. The van der Waals surface area contributed by atoms with E-state index in [-0.39, 0.29) is 5.56 Å². The summed E-state index contributed by atoms with van der Waals surface area (Å²) in [6.07, 6.45) is 3.39. The third-order valence-electron chi connectivity index (χ3n) is 3.44. The third-order valence-corrected chi connectivity index (χ3v) is 3.44. The van der Waals surface area contributed by atoms with E-state index in [1.54, 1.807) is 30.3 Å². The average molecular weight is 326 g/mol. The van der Waals surface area contributed by atoms with Crippen LogP contribution < -0.4 is 0 Å². The van der Waals surface area contributed by atoms with Crippen molar-refractivity contribution >= 4 is 17.2 Å². The number of hydrogen-bond acceptors (Lipinski definition) is 5. The lowest BCUT2D eigenvalue weighted by molar-refractivity contribution is -0.394. The van der Waals surface area contributed by atoms with Gasteiger partial charge in [-0.3, -0.25) is 25.0 Å². The van der Waals surface area contributed by atoms with E-state index in [4.69, 9.17) is 0 Å². The number of nitrogens with zero attached hydrogens (tertiary/aromatic N) is 2. The molecule has 0 saturated heterocycles. The van der Waals surface area contributed by atoms with Crippen molar-refractivity contribution in [3.05, 3.63) is 92.0 Å². The number of allylic oxidation sites excluding steroid dienone is 1. The minimum absolute atomic E-state index is 0.0882. The van der Waals surface area contributed by atoms with Gasteiger partial charge in [-0.05, 0) is 18.4 Å². The van der Waals surface area contributed by atoms with Crippen LogP contribution in [0.2, 0.25) is 0 Å². The lowest BCUT2D eigenvalue weighted by atomic mass is 10.00.